The molecule has 0 saturated carbocycles. The Morgan fingerprint density at radius 1 is 1.06 bits per heavy atom. The molecule has 1 aromatic heterocycles. The van der Waals surface area contributed by atoms with Crippen LogP contribution in [0.5, 0.6) is 0 Å². The molecule has 8 nitrogen and oxygen atoms in total. The fourth-order valence-corrected chi connectivity index (χ4v) is 3.66. The minimum Gasteiger partial charge on any atom is -0.356 e. The molecule has 2 heterocycles. The number of aryl methyl sites for hydroxylation is 1. The van der Waals surface area contributed by atoms with E-state index in [1.54, 1.807) is 0 Å². The Balaban J connectivity index is 1.17. The minimum absolute atomic E-state index is 0.131. The van der Waals surface area contributed by atoms with Crippen LogP contribution in [0.3, 0.4) is 0 Å². The molecule has 4 amide bonds. The van der Waals surface area contributed by atoms with Crippen molar-refractivity contribution in [2.24, 2.45) is 0 Å². The molecule has 1 aliphatic rings. The number of carbonyl (C=O) groups is 3. The third-order valence-corrected chi connectivity index (χ3v) is 5.30. The van der Waals surface area contributed by atoms with E-state index in [-0.39, 0.29) is 31.2 Å². The minimum atomic E-state index is -0.655. The van der Waals surface area contributed by atoms with Crippen LogP contribution in [0, 0.1) is 0 Å². The van der Waals surface area contributed by atoms with E-state index < -0.39 is 12.1 Å². The van der Waals surface area contributed by atoms with Crippen molar-refractivity contribution < 1.29 is 14.4 Å². The van der Waals surface area contributed by atoms with Gasteiger partial charge in [0.1, 0.15) is 11.9 Å². The molecule has 2 aromatic carbocycles. The van der Waals surface area contributed by atoms with Crippen LogP contribution in [-0.4, -0.2) is 45.3 Å². The lowest BCUT2D eigenvalue weighted by Gasteiger charge is -2.13. The second-order valence-electron chi connectivity index (χ2n) is 7.60. The molecular formula is C23H25N5O3. The Kier molecular flexibility index (Phi) is 6.26. The lowest BCUT2D eigenvalue weighted by Crippen LogP contribution is -2.32. The molecule has 0 spiro atoms. The zero-order valence-corrected chi connectivity index (χ0v) is 17.1. The lowest BCUT2D eigenvalue weighted by molar-refractivity contribution is -0.128. The van der Waals surface area contributed by atoms with Crippen LogP contribution in [0.2, 0.25) is 0 Å². The number of hydrogen-bond acceptors (Lipinski definition) is 4. The van der Waals surface area contributed by atoms with Gasteiger partial charge in [0.25, 0.3) is 5.91 Å². The van der Waals surface area contributed by atoms with Gasteiger partial charge in [-0.3, -0.25) is 14.5 Å². The normalized spacial score (nSPS) is 16.0. The molecule has 0 radical (unpaired) electrons. The third kappa shape index (κ3) is 5.09. The largest absolute Gasteiger partial charge is 0.356 e. The molecule has 1 aliphatic heterocycles. The van der Waals surface area contributed by atoms with Gasteiger partial charge in [-0.2, -0.15) is 0 Å². The Morgan fingerprint density at radius 2 is 1.84 bits per heavy atom. The van der Waals surface area contributed by atoms with Crippen molar-refractivity contribution in [2.75, 3.05) is 6.54 Å². The summed E-state index contributed by atoms with van der Waals surface area (Å²) >= 11 is 0. The van der Waals surface area contributed by atoms with Crippen molar-refractivity contribution >= 4 is 28.9 Å². The number of rotatable bonds is 9. The van der Waals surface area contributed by atoms with Crippen LogP contribution >= 0.6 is 0 Å². The van der Waals surface area contributed by atoms with Gasteiger partial charge >= 0.3 is 6.03 Å². The molecule has 1 fully saturated rings. The monoisotopic (exact) mass is 419 g/mol. The number of aromatic nitrogens is 2. The van der Waals surface area contributed by atoms with E-state index in [4.69, 9.17) is 0 Å². The van der Waals surface area contributed by atoms with Gasteiger partial charge in [-0.15, -0.1) is 0 Å². The van der Waals surface area contributed by atoms with E-state index in [1.165, 1.54) is 4.90 Å². The number of H-pyrrole nitrogens is 1. The number of imidazole rings is 1. The smallest absolute Gasteiger partial charge is 0.325 e. The van der Waals surface area contributed by atoms with Crippen molar-refractivity contribution in [1.29, 1.82) is 0 Å². The Morgan fingerprint density at radius 3 is 2.65 bits per heavy atom. The highest BCUT2D eigenvalue weighted by Crippen LogP contribution is 2.15. The van der Waals surface area contributed by atoms with Crippen LogP contribution in [0.15, 0.2) is 54.6 Å². The van der Waals surface area contributed by atoms with Gasteiger partial charge in [-0.05, 0) is 30.5 Å². The zero-order valence-electron chi connectivity index (χ0n) is 17.1. The highest BCUT2D eigenvalue weighted by atomic mass is 16.2. The second kappa shape index (κ2) is 9.42. The average molecular weight is 419 g/mol. The van der Waals surface area contributed by atoms with E-state index in [9.17, 15) is 14.4 Å². The number of carbonyl (C=O) groups excluding carboxylic acids is 3. The molecule has 8 heteroatoms. The maximum absolute atomic E-state index is 12.5. The molecule has 4 rings (SSSR count). The van der Waals surface area contributed by atoms with Crippen LogP contribution < -0.4 is 10.6 Å². The average Bonchev–Trinajstić information content (AvgIpc) is 3.31. The van der Waals surface area contributed by atoms with E-state index in [0.29, 0.717) is 6.54 Å². The first-order valence-electron chi connectivity index (χ1n) is 10.5. The highest BCUT2D eigenvalue weighted by molar-refractivity contribution is 6.04. The standard InChI is InChI=1S/C23H25N5O3/c29-21(24-14-6-11-20-25-17-9-4-5-10-18(17)26-20)13-12-19-22(30)28(23(31)27-19)15-16-7-2-1-3-8-16/h1-5,7-10,19H,6,11-15H2,(H,24,29)(H,25,26)(H,27,31)/t19-/m0/s1. The predicted octanol–water partition coefficient (Wildman–Crippen LogP) is 2.51. The fourth-order valence-electron chi connectivity index (χ4n) is 3.66. The summed E-state index contributed by atoms with van der Waals surface area (Å²) < 4.78 is 0. The zero-order chi connectivity index (χ0) is 21.6. The molecule has 1 saturated heterocycles. The highest BCUT2D eigenvalue weighted by Gasteiger charge is 2.37. The summed E-state index contributed by atoms with van der Waals surface area (Å²) in [4.78, 5) is 45.8. The van der Waals surface area contributed by atoms with Gasteiger partial charge in [0, 0.05) is 19.4 Å². The Hall–Kier alpha value is -3.68. The van der Waals surface area contributed by atoms with Crippen molar-refractivity contribution in [3.8, 4) is 0 Å². The summed E-state index contributed by atoms with van der Waals surface area (Å²) in [6.07, 6.45) is 1.96. The van der Waals surface area contributed by atoms with Gasteiger partial charge in [-0.1, -0.05) is 42.5 Å². The molecule has 0 unspecified atom stereocenters. The fraction of sp³-hybridized carbons (Fsp3) is 0.304. The Labute approximate surface area is 180 Å². The molecule has 160 valence electrons. The number of fused-ring (bicyclic) bond motifs is 1. The van der Waals surface area contributed by atoms with Crippen LogP contribution in [0.25, 0.3) is 11.0 Å². The van der Waals surface area contributed by atoms with Crippen LogP contribution in [0.1, 0.15) is 30.7 Å². The maximum atomic E-state index is 12.5. The van der Waals surface area contributed by atoms with E-state index in [0.717, 1.165) is 35.3 Å². The number of urea groups is 1. The van der Waals surface area contributed by atoms with E-state index >= 15 is 0 Å². The topological polar surface area (TPSA) is 107 Å². The van der Waals surface area contributed by atoms with Crippen molar-refractivity contribution in [1.82, 2.24) is 25.5 Å². The quantitative estimate of drug-likeness (QED) is 0.366. The maximum Gasteiger partial charge on any atom is 0.325 e. The number of nitrogens with zero attached hydrogens (tertiary/aromatic N) is 2. The molecule has 31 heavy (non-hydrogen) atoms. The van der Waals surface area contributed by atoms with Crippen LogP contribution in [0.4, 0.5) is 4.79 Å². The summed E-state index contributed by atoms with van der Waals surface area (Å²) in [6.45, 7) is 0.761. The van der Waals surface area contributed by atoms with Gasteiger partial charge in [0.05, 0.1) is 17.6 Å². The Bertz CT molecular complexity index is 1050. The summed E-state index contributed by atoms with van der Waals surface area (Å²) in [5, 5.41) is 5.55. The summed E-state index contributed by atoms with van der Waals surface area (Å²) in [6, 6.07) is 16.1. The van der Waals surface area contributed by atoms with E-state index in [1.807, 2.05) is 54.6 Å². The first-order chi connectivity index (χ1) is 15.1. The third-order valence-electron chi connectivity index (χ3n) is 5.30. The summed E-state index contributed by atoms with van der Waals surface area (Å²) in [7, 11) is 0. The molecule has 0 bridgehead atoms. The van der Waals surface area contributed by atoms with E-state index in [2.05, 4.69) is 20.6 Å². The first-order valence-corrected chi connectivity index (χ1v) is 10.5. The number of amides is 4. The number of nitrogens with one attached hydrogen (secondary N) is 3. The summed E-state index contributed by atoms with van der Waals surface area (Å²) in [5.74, 6) is 0.480. The SMILES string of the molecule is O=C(CC[C@@H]1NC(=O)N(Cc2ccccc2)C1=O)NCCCc1nc2ccccc2[nH]1. The van der Waals surface area contributed by atoms with Gasteiger partial charge in [-0.25, -0.2) is 9.78 Å². The van der Waals surface area contributed by atoms with Crippen LogP contribution in [-0.2, 0) is 22.6 Å². The number of imide groups is 1. The van der Waals surface area contributed by atoms with Gasteiger partial charge < -0.3 is 15.6 Å². The van der Waals surface area contributed by atoms with Crippen molar-refractivity contribution in [2.45, 2.75) is 38.3 Å². The molecule has 3 N–H and O–H groups in total. The van der Waals surface area contributed by atoms with Gasteiger partial charge in [0.15, 0.2) is 0 Å². The summed E-state index contributed by atoms with van der Waals surface area (Å²) in [5.41, 5.74) is 2.83. The van der Waals surface area contributed by atoms with Gasteiger partial charge in [0.2, 0.25) is 5.91 Å². The van der Waals surface area contributed by atoms with Crippen molar-refractivity contribution in [3.05, 3.63) is 66.0 Å². The molecule has 0 aliphatic carbocycles. The first kappa shape index (κ1) is 20.6. The predicted molar refractivity (Wildman–Crippen MR) is 116 cm³/mol. The number of para-hydroxylation sites is 2. The molecular weight excluding hydrogens is 394 g/mol. The molecule has 3 aromatic rings. The van der Waals surface area contributed by atoms with Crippen molar-refractivity contribution in [3.63, 3.8) is 0 Å². The number of aromatic amines is 1. The second-order valence-corrected chi connectivity index (χ2v) is 7.60. The lowest BCUT2D eigenvalue weighted by atomic mass is 10.1. The molecule has 1 atom stereocenters. The number of benzene rings is 2. The number of hydrogen-bond donors (Lipinski definition) is 3.